The number of piperazine rings is 1. The predicted molar refractivity (Wildman–Crippen MR) is 188 cm³/mol. The molecule has 0 saturated carbocycles. The maximum atomic E-state index is 12.5. The number of benzene rings is 2. The fourth-order valence-electron chi connectivity index (χ4n) is 6.45. The van der Waals surface area contributed by atoms with Crippen LogP contribution >= 0.6 is 12.6 Å². The van der Waals surface area contributed by atoms with Crippen LogP contribution in [-0.4, -0.2) is 103 Å². The molecule has 3 aliphatic heterocycles. The standard InChI is InChI=1S/C32H40N6O3.C2H3N.CH4S/c1-23-7-3-8-24-9-4-11-28(30(23)24)38-15-13-26-27(21-38)33-32(41-22-25-10-5-14-35(25)2)34-31(26)37-18-16-36(17-19-37)29(40)12-6-20-39;1-2-3;1-2/h3-4,6-9,11-12,25,39H,5,10,13-22H2,1-2H3;1H3;2H,1H3/b12-6+;;. The van der Waals surface area contributed by atoms with Crippen LogP contribution in [0.3, 0.4) is 0 Å². The summed E-state index contributed by atoms with van der Waals surface area (Å²) < 4.78 is 6.29. The summed E-state index contributed by atoms with van der Waals surface area (Å²) in [5.41, 5.74) is 4.72. The number of carbonyl (C=O) groups excluding carboxylic acids is 1. The Balaban J connectivity index is 0.000000908. The van der Waals surface area contributed by atoms with Gasteiger partial charge in [0, 0.05) is 68.4 Å². The summed E-state index contributed by atoms with van der Waals surface area (Å²) in [5, 5.41) is 18.9. The average molecular weight is 646 g/mol. The molecular weight excluding hydrogens is 598 g/mol. The third-order valence-electron chi connectivity index (χ3n) is 8.79. The molecule has 3 aliphatic rings. The van der Waals surface area contributed by atoms with E-state index in [0.29, 0.717) is 51.4 Å². The molecule has 1 unspecified atom stereocenters. The van der Waals surface area contributed by atoms with Gasteiger partial charge in [-0.3, -0.25) is 4.79 Å². The highest BCUT2D eigenvalue weighted by Crippen LogP contribution is 2.35. The molecule has 3 aromatic rings. The molecule has 1 amide bonds. The lowest BCUT2D eigenvalue weighted by Crippen LogP contribution is -2.49. The van der Waals surface area contributed by atoms with Gasteiger partial charge in [0.2, 0.25) is 5.91 Å². The van der Waals surface area contributed by atoms with Crippen molar-refractivity contribution < 1.29 is 14.6 Å². The maximum absolute atomic E-state index is 12.5. The van der Waals surface area contributed by atoms with Gasteiger partial charge in [-0.05, 0) is 63.1 Å². The third-order valence-corrected chi connectivity index (χ3v) is 8.79. The van der Waals surface area contributed by atoms with E-state index in [2.05, 4.69) is 77.7 Å². The van der Waals surface area contributed by atoms with Gasteiger partial charge in [0.25, 0.3) is 0 Å². The molecule has 1 N–H and O–H groups in total. The number of nitrogens with zero attached hydrogens (tertiary/aromatic N) is 7. The number of thiol groups is 1. The van der Waals surface area contributed by atoms with Crippen molar-refractivity contribution in [2.24, 2.45) is 0 Å². The number of aliphatic hydroxyl groups excluding tert-OH is 1. The number of likely N-dealkylation sites (N-methyl/N-ethyl adjacent to an activating group) is 1. The molecule has 10 nitrogen and oxygen atoms in total. The number of hydrogen-bond acceptors (Lipinski definition) is 10. The second kappa shape index (κ2) is 17.2. The van der Waals surface area contributed by atoms with E-state index in [1.54, 1.807) is 12.3 Å². The Morgan fingerprint density at radius 2 is 1.80 bits per heavy atom. The lowest BCUT2D eigenvalue weighted by molar-refractivity contribution is -0.126. The maximum Gasteiger partial charge on any atom is 0.318 e. The van der Waals surface area contributed by atoms with Crippen LogP contribution in [0.25, 0.3) is 10.8 Å². The van der Waals surface area contributed by atoms with E-state index in [-0.39, 0.29) is 12.5 Å². The zero-order valence-electron chi connectivity index (χ0n) is 27.5. The number of aryl methyl sites for hydroxylation is 1. The molecule has 2 fully saturated rings. The molecule has 0 aliphatic carbocycles. The number of amides is 1. The van der Waals surface area contributed by atoms with Crippen molar-refractivity contribution in [3.63, 3.8) is 0 Å². The van der Waals surface area contributed by atoms with Gasteiger partial charge >= 0.3 is 6.01 Å². The first-order valence-electron chi connectivity index (χ1n) is 16.0. The number of aromatic nitrogens is 2. The number of hydrogen-bond donors (Lipinski definition) is 2. The quantitative estimate of drug-likeness (QED) is 0.288. The first kappa shape index (κ1) is 35.0. The lowest BCUT2D eigenvalue weighted by Gasteiger charge is -2.38. The lowest BCUT2D eigenvalue weighted by atomic mass is 9.99. The molecule has 2 saturated heterocycles. The van der Waals surface area contributed by atoms with Gasteiger partial charge in [-0.2, -0.15) is 27.9 Å². The summed E-state index contributed by atoms with van der Waals surface area (Å²) in [7, 11) is 2.15. The molecule has 4 heterocycles. The Morgan fingerprint density at radius 3 is 2.48 bits per heavy atom. The largest absolute Gasteiger partial charge is 0.462 e. The molecule has 0 radical (unpaired) electrons. The van der Waals surface area contributed by atoms with Gasteiger partial charge < -0.3 is 29.4 Å². The van der Waals surface area contributed by atoms with Crippen LogP contribution in [0.15, 0.2) is 48.6 Å². The Morgan fingerprint density at radius 1 is 1.09 bits per heavy atom. The van der Waals surface area contributed by atoms with E-state index < -0.39 is 0 Å². The van der Waals surface area contributed by atoms with Crippen molar-refractivity contribution in [2.45, 2.75) is 45.7 Å². The van der Waals surface area contributed by atoms with Crippen LogP contribution < -0.4 is 14.5 Å². The highest BCUT2D eigenvalue weighted by atomic mass is 32.1. The van der Waals surface area contributed by atoms with Crippen molar-refractivity contribution in [3.05, 3.63) is 65.4 Å². The summed E-state index contributed by atoms with van der Waals surface area (Å²) >= 11 is 3.53. The molecule has 46 heavy (non-hydrogen) atoms. The average Bonchev–Trinajstić information content (AvgIpc) is 3.51. The number of nitriles is 1. The van der Waals surface area contributed by atoms with Gasteiger partial charge in [0.05, 0.1) is 24.9 Å². The topological polar surface area (TPSA) is 109 Å². The van der Waals surface area contributed by atoms with Crippen LogP contribution in [0.4, 0.5) is 11.5 Å². The van der Waals surface area contributed by atoms with E-state index in [9.17, 15) is 4.79 Å². The van der Waals surface area contributed by atoms with Crippen LogP contribution in [0.1, 0.15) is 36.6 Å². The van der Waals surface area contributed by atoms with E-state index in [1.807, 2.05) is 4.90 Å². The molecular formula is C35H47N7O3S. The number of carbonyl (C=O) groups is 1. The first-order chi connectivity index (χ1) is 22.4. The van der Waals surface area contributed by atoms with Crippen LogP contribution in [0.2, 0.25) is 0 Å². The predicted octanol–water partition coefficient (Wildman–Crippen LogP) is 4.25. The highest BCUT2D eigenvalue weighted by molar-refractivity contribution is 7.79. The van der Waals surface area contributed by atoms with Gasteiger partial charge in [-0.15, -0.1) is 0 Å². The van der Waals surface area contributed by atoms with Crippen molar-refractivity contribution in [1.29, 1.82) is 5.26 Å². The molecule has 1 aromatic heterocycles. The molecule has 246 valence electrons. The van der Waals surface area contributed by atoms with E-state index >= 15 is 0 Å². The molecule has 0 bridgehead atoms. The first-order valence-corrected chi connectivity index (χ1v) is 16.9. The van der Waals surface area contributed by atoms with Crippen molar-refractivity contribution in [3.8, 4) is 12.1 Å². The Bertz CT molecular complexity index is 1530. The number of ether oxygens (including phenoxy) is 1. The van der Waals surface area contributed by atoms with Crippen LogP contribution in [-0.2, 0) is 17.8 Å². The number of anilines is 2. The SMILES string of the molecule is CC#N.CS.Cc1cccc2cccc(N3CCc4c(nc(OCC5CCCN5C)nc4N4CCN(C(=O)/C=C/CO)CC4)C3)c12. The van der Waals surface area contributed by atoms with Crippen molar-refractivity contribution in [2.75, 3.05) is 75.6 Å². The zero-order valence-corrected chi connectivity index (χ0v) is 28.4. The van der Waals surface area contributed by atoms with Gasteiger partial charge in [-0.1, -0.05) is 36.4 Å². The highest BCUT2D eigenvalue weighted by Gasteiger charge is 2.30. The minimum atomic E-state index is -0.131. The van der Waals surface area contributed by atoms with Crippen LogP contribution in [0.5, 0.6) is 6.01 Å². The summed E-state index contributed by atoms with van der Waals surface area (Å²) in [6.07, 6.45) is 7.80. The third kappa shape index (κ3) is 8.29. The second-order valence-corrected chi connectivity index (χ2v) is 11.6. The second-order valence-electron chi connectivity index (χ2n) is 11.6. The summed E-state index contributed by atoms with van der Waals surface area (Å²) in [5.74, 6) is 0.880. The van der Waals surface area contributed by atoms with Crippen LogP contribution in [0, 0.1) is 18.3 Å². The van der Waals surface area contributed by atoms with Gasteiger partial charge in [-0.25, -0.2) is 0 Å². The fraction of sp³-hybridized carbons (Fsp3) is 0.486. The van der Waals surface area contributed by atoms with E-state index in [0.717, 1.165) is 37.4 Å². The van der Waals surface area contributed by atoms with E-state index in [4.69, 9.17) is 25.1 Å². The number of aliphatic hydroxyl groups is 1. The molecule has 2 aromatic carbocycles. The molecule has 1 atom stereocenters. The van der Waals surface area contributed by atoms with Gasteiger partial charge in [0.15, 0.2) is 0 Å². The molecule has 6 rings (SSSR count). The number of fused-ring (bicyclic) bond motifs is 2. The minimum Gasteiger partial charge on any atom is -0.462 e. The van der Waals surface area contributed by atoms with Crippen molar-refractivity contribution in [1.82, 2.24) is 19.8 Å². The monoisotopic (exact) mass is 645 g/mol. The van der Waals surface area contributed by atoms with Crippen molar-refractivity contribution >= 4 is 40.8 Å². The summed E-state index contributed by atoms with van der Waals surface area (Å²) in [6.45, 7) is 9.35. The number of likely N-dealkylation sites (tertiary alicyclic amines) is 1. The summed E-state index contributed by atoms with van der Waals surface area (Å²) in [4.78, 5) is 31.3. The normalized spacial score (nSPS) is 17.9. The Labute approximate surface area is 278 Å². The summed E-state index contributed by atoms with van der Waals surface area (Å²) in [6, 6.07) is 15.6. The zero-order chi connectivity index (χ0) is 33.1. The number of rotatable bonds is 7. The molecule has 0 spiro atoms. The van der Waals surface area contributed by atoms with E-state index in [1.165, 1.54) is 53.1 Å². The fourth-order valence-corrected chi connectivity index (χ4v) is 6.45. The smallest absolute Gasteiger partial charge is 0.318 e. The Hall–Kier alpha value is -3.85. The minimum absolute atomic E-state index is 0.0610. The Kier molecular flexibility index (Phi) is 13.1. The van der Waals surface area contributed by atoms with Gasteiger partial charge in [0.1, 0.15) is 12.4 Å². The molecule has 11 heteroatoms.